The van der Waals surface area contributed by atoms with Crippen molar-refractivity contribution in [2.24, 2.45) is 0 Å². The van der Waals surface area contributed by atoms with Gasteiger partial charge in [0.1, 0.15) is 5.82 Å². The van der Waals surface area contributed by atoms with Gasteiger partial charge in [0, 0.05) is 18.7 Å². The number of rotatable bonds is 4. The molecule has 1 aliphatic rings. The number of hydrogen-bond donors (Lipinski definition) is 2. The summed E-state index contributed by atoms with van der Waals surface area (Å²) in [6.45, 7) is 1.66. The lowest BCUT2D eigenvalue weighted by molar-refractivity contribution is 0.0944. The Hall–Kier alpha value is -3.22. The third-order valence-electron chi connectivity index (χ3n) is 4.74. The second-order valence-corrected chi connectivity index (χ2v) is 6.70. The zero-order valence-electron chi connectivity index (χ0n) is 14.9. The van der Waals surface area contributed by atoms with Gasteiger partial charge in [0.05, 0.1) is 5.39 Å². The Morgan fingerprint density at radius 3 is 2.67 bits per heavy atom. The maximum atomic E-state index is 14.4. The van der Waals surface area contributed by atoms with Crippen molar-refractivity contribution < 1.29 is 18.5 Å². The highest BCUT2D eigenvalue weighted by molar-refractivity contribution is 6.04. The fourth-order valence-electron chi connectivity index (χ4n) is 2.99. The lowest BCUT2D eigenvalue weighted by Gasteiger charge is -2.11. The molecule has 0 atom stereocenters. The van der Waals surface area contributed by atoms with E-state index in [2.05, 4.69) is 15.8 Å². The summed E-state index contributed by atoms with van der Waals surface area (Å²) in [4.78, 5) is 24.1. The summed E-state index contributed by atoms with van der Waals surface area (Å²) < 4.78 is 19.7. The molecule has 1 heterocycles. The number of nitrogens with one attached hydrogen (secondary N) is 2. The highest BCUT2D eigenvalue weighted by Crippen LogP contribution is 2.31. The van der Waals surface area contributed by atoms with E-state index in [0.29, 0.717) is 27.7 Å². The number of carbonyl (C=O) groups excluding carboxylic acids is 2. The fourth-order valence-corrected chi connectivity index (χ4v) is 2.99. The van der Waals surface area contributed by atoms with Crippen LogP contribution in [-0.2, 0) is 0 Å². The highest BCUT2D eigenvalue weighted by Gasteiger charge is 2.25. The predicted molar refractivity (Wildman–Crippen MR) is 98.0 cm³/mol. The summed E-state index contributed by atoms with van der Waals surface area (Å²) in [5, 5.41) is 9.75. The third kappa shape index (κ3) is 3.16. The Bertz CT molecular complexity index is 1070. The van der Waals surface area contributed by atoms with Crippen molar-refractivity contribution in [1.82, 2.24) is 15.8 Å². The maximum absolute atomic E-state index is 14.4. The molecule has 27 heavy (non-hydrogen) atoms. The molecular formula is C20H18FN3O3. The molecule has 6 nitrogen and oxygen atoms in total. The maximum Gasteiger partial charge on any atom is 0.273 e. The number of carbonyl (C=O) groups is 2. The first kappa shape index (κ1) is 17.2. The van der Waals surface area contributed by atoms with Gasteiger partial charge in [-0.1, -0.05) is 11.2 Å². The zero-order chi connectivity index (χ0) is 19.1. The minimum absolute atomic E-state index is 0.194. The number of fused-ring (bicyclic) bond motifs is 1. The lowest BCUT2D eigenvalue weighted by atomic mass is 9.96. The second kappa shape index (κ2) is 6.50. The van der Waals surface area contributed by atoms with Crippen molar-refractivity contribution >= 4 is 22.8 Å². The summed E-state index contributed by atoms with van der Waals surface area (Å²) in [5.41, 5.74) is 2.60. The second-order valence-electron chi connectivity index (χ2n) is 6.70. The number of halogens is 1. The SMILES string of the molecule is CNC(=O)c1noc2cc(-c3cc(C(=O)NC4CC4)cc(F)c3C)ccc12. The van der Waals surface area contributed by atoms with E-state index >= 15 is 0 Å². The number of amides is 2. The van der Waals surface area contributed by atoms with E-state index in [0.717, 1.165) is 12.8 Å². The number of nitrogens with zero attached hydrogens (tertiary/aromatic N) is 1. The van der Waals surface area contributed by atoms with Crippen LogP contribution in [0.4, 0.5) is 4.39 Å². The van der Waals surface area contributed by atoms with Crippen LogP contribution in [0.3, 0.4) is 0 Å². The van der Waals surface area contributed by atoms with Gasteiger partial charge in [0.15, 0.2) is 11.3 Å². The van der Waals surface area contributed by atoms with Crippen molar-refractivity contribution in [3.8, 4) is 11.1 Å². The van der Waals surface area contributed by atoms with E-state index in [1.54, 1.807) is 31.2 Å². The Balaban J connectivity index is 1.76. The molecule has 3 aromatic rings. The molecule has 0 saturated heterocycles. The minimum atomic E-state index is -0.447. The smallest absolute Gasteiger partial charge is 0.273 e. The van der Waals surface area contributed by atoms with Crippen molar-refractivity contribution in [1.29, 1.82) is 0 Å². The first-order chi connectivity index (χ1) is 13.0. The van der Waals surface area contributed by atoms with Gasteiger partial charge in [-0.3, -0.25) is 9.59 Å². The number of benzene rings is 2. The molecule has 4 rings (SSSR count). The summed E-state index contributed by atoms with van der Waals surface area (Å²) in [6, 6.07) is 8.29. The molecule has 0 bridgehead atoms. The molecule has 2 N–H and O–H groups in total. The van der Waals surface area contributed by atoms with Crippen molar-refractivity contribution in [3.05, 3.63) is 53.0 Å². The first-order valence-electron chi connectivity index (χ1n) is 8.71. The summed E-state index contributed by atoms with van der Waals surface area (Å²) >= 11 is 0. The molecule has 0 radical (unpaired) electrons. The van der Waals surface area contributed by atoms with Gasteiger partial charge in [-0.2, -0.15) is 0 Å². The normalized spacial score (nSPS) is 13.6. The highest BCUT2D eigenvalue weighted by atomic mass is 19.1. The van der Waals surface area contributed by atoms with Gasteiger partial charge in [-0.25, -0.2) is 4.39 Å². The monoisotopic (exact) mass is 367 g/mol. The van der Waals surface area contributed by atoms with Crippen LogP contribution < -0.4 is 10.6 Å². The van der Waals surface area contributed by atoms with Gasteiger partial charge in [-0.05, 0) is 60.7 Å². The van der Waals surface area contributed by atoms with E-state index in [1.165, 1.54) is 13.1 Å². The van der Waals surface area contributed by atoms with E-state index < -0.39 is 5.82 Å². The Kier molecular flexibility index (Phi) is 4.14. The first-order valence-corrected chi connectivity index (χ1v) is 8.71. The van der Waals surface area contributed by atoms with Crippen LogP contribution in [0, 0.1) is 12.7 Å². The molecule has 2 amide bonds. The standard InChI is InChI=1S/C20H18FN3O3/c1-10-15(7-12(8-16(10)21)19(25)23-13-4-5-13)11-3-6-14-17(9-11)27-24-18(14)20(26)22-2/h3,6-9,13H,4-5H2,1-2H3,(H,22,26)(H,23,25). The number of hydrogen-bond acceptors (Lipinski definition) is 4. The van der Waals surface area contributed by atoms with Crippen LogP contribution in [0.25, 0.3) is 22.1 Å². The molecule has 1 fully saturated rings. The predicted octanol–water partition coefficient (Wildman–Crippen LogP) is 3.19. The van der Waals surface area contributed by atoms with Gasteiger partial charge in [-0.15, -0.1) is 0 Å². The van der Waals surface area contributed by atoms with Crippen LogP contribution in [0.1, 0.15) is 39.3 Å². The zero-order valence-corrected chi connectivity index (χ0v) is 14.9. The molecule has 7 heteroatoms. The van der Waals surface area contributed by atoms with Crippen LogP contribution in [0.2, 0.25) is 0 Å². The largest absolute Gasteiger partial charge is 0.355 e. The van der Waals surface area contributed by atoms with Crippen LogP contribution in [-0.4, -0.2) is 30.1 Å². The van der Waals surface area contributed by atoms with Gasteiger partial charge >= 0.3 is 0 Å². The lowest BCUT2D eigenvalue weighted by Crippen LogP contribution is -2.25. The summed E-state index contributed by atoms with van der Waals surface area (Å²) in [7, 11) is 1.52. The van der Waals surface area contributed by atoms with E-state index in [9.17, 15) is 14.0 Å². The van der Waals surface area contributed by atoms with Crippen LogP contribution in [0.15, 0.2) is 34.9 Å². The minimum Gasteiger partial charge on any atom is -0.355 e. The molecule has 2 aromatic carbocycles. The molecule has 0 unspecified atom stereocenters. The molecule has 1 aromatic heterocycles. The van der Waals surface area contributed by atoms with Crippen LogP contribution >= 0.6 is 0 Å². The van der Waals surface area contributed by atoms with Crippen molar-refractivity contribution in [2.75, 3.05) is 7.05 Å². The van der Waals surface area contributed by atoms with E-state index in [-0.39, 0.29) is 29.1 Å². The van der Waals surface area contributed by atoms with Gasteiger partial charge in [0.2, 0.25) is 0 Å². The van der Waals surface area contributed by atoms with Gasteiger partial charge in [0.25, 0.3) is 11.8 Å². The molecule has 1 saturated carbocycles. The molecule has 0 spiro atoms. The summed E-state index contributed by atoms with van der Waals surface area (Å²) in [6.07, 6.45) is 1.92. The van der Waals surface area contributed by atoms with Gasteiger partial charge < -0.3 is 15.2 Å². The van der Waals surface area contributed by atoms with Crippen LogP contribution in [0.5, 0.6) is 0 Å². The molecular weight excluding hydrogens is 349 g/mol. The summed E-state index contributed by atoms with van der Waals surface area (Å²) in [5.74, 6) is -1.07. The molecule has 138 valence electrons. The quantitative estimate of drug-likeness (QED) is 0.742. The topological polar surface area (TPSA) is 84.2 Å². The van der Waals surface area contributed by atoms with E-state index in [1.807, 2.05) is 0 Å². The van der Waals surface area contributed by atoms with Crippen molar-refractivity contribution in [2.45, 2.75) is 25.8 Å². The molecule has 1 aliphatic carbocycles. The Labute approximate surface area is 154 Å². The fraction of sp³-hybridized carbons (Fsp3) is 0.250. The van der Waals surface area contributed by atoms with E-state index in [4.69, 9.17) is 4.52 Å². The Morgan fingerprint density at radius 2 is 1.96 bits per heavy atom. The third-order valence-corrected chi connectivity index (χ3v) is 4.74. The Morgan fingerprint density at radius 1 is 1.19 bits per heavy atom. The molecule has 0 aliphatic heterocycles. The van der Waals surface area contributed by atoms with Crippen molar-refractivity contribution in [3.63, 3.8) is 0 Å². The number of aromatic nitrogens is 1. The average molecular weight is 367 g/mol. The average Bonchev–Trinajstić information content (AvgIpc) is 3.38.